The minimum absolute atomic E-state index is 0.385. The van der Waals surface area contributed by atoms with E-state index >= 15 is 0 Å². The maximum atomic E-state index is 4.32. The van der Waals surface area contributed by atoms with E-state index in [1.54, 1.807) is 0 Å². The molecule has 2 nitrogen and oxygen atoms in total. The Balaban J connectivity index is 2.05. The zero-order valence-electron chi connectivity index (χ0n) is 10.3. The number of aryl methyl sites for hydroxylation is 1. The minimum atomic E-state index is 0.385. The fourth-order valence-electron chi connectivity index (χ4n) is 1.93. The Hall–Kier alpha value is -0.700. The van der Waals surface area contributed by atoms with Crippen molar-refractivity contribution in [2.75, 3.05) is 16.8 Å². The van der Waals surface area contributed by atoms with Crippen molar-refractivity contribution in [2.24, 2.45) is 5.41 Å². The molecule has 0 amide bonds. The minimum Gasteiger partial charge on any atom is -0.380 e. The largest absolute Gasteiger partial charge is 0.380 e. The lowest BCUT2D eigenvalue weighted by Gasteiger charge is -2.39. The molecule has 1 fully saturated rings. The molecule has 2 heterocycles. The molecule has 0 radical (unpaired) electrons. The third kappa shape index (κ3) is 2.70. The average Bonchev–Trinajstić information content (AvgIpc) is 2.24. The maximum absolute atomic E-state index is 4.32. The predicted octanol–water partition coefficient (Wildman–Crippen LogP) is 3.33. The number of pyridine rings is 1. The van der Waals surface area contributed by atoms with E-state index < -0.39 is 0 Å². The van der Waals surface area contributed by atoms with Crippen LogP contribution < -0.4 is 5.32 Å². The molecule has 0 aromatic carbocycles. The molecule has 0 saturated carbocycles. The van der Waals surface area contributed by atoms with Gasteiger partial charge in [-0.15, -0.1) is 0 Å². The Morgan fingerprint density at radius 1 is 1.44 bits per heavy atom. The van der Waals surface area contributed by atoms with Crippen molar-refractivity contribution < 1.29 is 0 Å². The summed E-state index contributed by atoms with van der Waals surface area (Å²) in [5.41, 5.74) is 2.60. The van der Waals surface area contributed by atoms with Gasteiger partial charge in [0.05, 0.1) is 11.9 Å². The van der Waals surface area contributed by atoms with Crippen molar-refractivity contribution in [3.05, 3.63) is 24.0 Å². The number of anilines is 1. The standard InChI is InChI=1S/C13H20N2S/c1-10-4-5-11(8-14-10)15-12-9-16-7-6-13(12,2)3/h4-5,8,12,15H,6-7,9H2,1-3H3. The van der Waals surface area contributed by atoms with Gasteiger partial charge in [-0.3, -0.25) is 4.98 Å². The van der Waals surface area contributed by atoms with E-state index in [1.165, 1.54) is 17.9 Å². The van der Waals surface area contributed by atoms with Crippen LogP contribution in [0.5, 0.6) is 0 Å². The number of rotatable bonds is 2. The lowest BCUT2D eigenvalue weighted by atomic mass is 9.82. The van der Waals surface area contributed by atoms with Crippen LogP contribution >= 0.6 is 11.8 Å². The quantitative estimate of drug-likeness (QED) is 0.852. The molecule has 0 spiro atoms. The summed E-state index contributed by atoms with van der Waals surface area (Å²) in [5.74, 6) is 2.48. The normalized spacial score (nSPS) is 24.1. The van der Waals surface area contributed by atoms with E-state index in [0.29, 0.717) is 11.5 Å². The first-order valence-electron chi connectivity index (χ1n) is 5.85. The summed E-state index contributed by atoms with van der Waals surface area (Å²) < 4.78 is 0. The van der Waals surface area contributed by atoms with Gasteiger partial charge >= 0.3 is 0 Å². The van der Waals surface area contributed by atoms with Crippen molar-refractivity contribution in [1.29, 1.82) is 0 Å². The van der Waals surface area contributed by atoms with Crippen LogP contribution in [0, 0.1) is 12.3 Å². The molecule has 16 heavy (non-hydrogen) atoms. The van der Waals surface area contributed by atoms with Crippen LogP contribution in [0.3, 0.4) is 0 Å². The number of thioether (sulfide) groups is 1. The van der Waals surface area contributed by atoms with Crippen LogP contribution in [0.1, 0.15) is 26.0 Å². The highest BCUT2D eigenvalue weighted by atomic mass is 32.2. The summed E-state index contributed by atoms with van der Waals surface area (Å²) in [7, 11) is 0. The highest BCUT2D eigenvalue weighted by Crippen LogP contribution is 2.35. The van der Waals surface area contributed by atoms with Gasteiger partial charge in [-0.2, -0.15) is 11.8 Å². The van der Waals surface area contributed by atoms with Gasteiger partial charge < -0.3 is 5.32 Å². The summed E-state index contributed by atoms with van der Waals surface area (Å²) >= 11 is 2.04. The van der Waals surface area contributed by atoms with Crippen molar-refractivity contribution in [3.63, 3.8) is 0 Å². The van der Waals surface area contributed by atoms with Gasteiger partial charge in [0.2, 0.25) is 0 Å². The number of nitrogens with zero attached hydrogens (tertiary/aromatic N) is 1. The van der Waals surface area contributed by atoms with Crippen LogP contribution in [0.4, 0.5) is 5.69 Å². The molecule has 0 aliphatic carbocycles. The van der Waals surface area contributed by atoms with Crippen molar-refractivity contribution in [3.8, 4) is 0 Å². The predicted molar refractivity (Wildman–Crippen MR) is 72.1 cm³/mol. The molecular weight excluding hydrogens is 216 g/mol. The molecule has 1 atom stereocenters. The highest BCUT2D eigenvalue weighted by Gasteiger charge is 2.32. The Morgan fingerprint density at radius 3 is 2.88 bits per heavy atom. The van der Waals surface area contributed by atoms with Gasteiger partial charge in [0, 0.05) is 17.5 Å². The third-order valence-electron chi connectivity index (χ3n) is 3.37. The second kappa shape index (κ2) is 4.66. The molecule has 1 N–H and O–H groups in total. The molecular formula is C13H20N2S. The zero-order chi connectivity index (χ0) is 11.6. The van der Waals surface area contributed by atoms with Gasteiger partial charge in [0.25, 0.3) is 0 Å². The van der Waals surface area contributed by atoms with Crippen LogP contribution in [-0.4, -0.2) is 22.5 Å². The second-order valence-electron chi connectivity index (χ2n) is 5.20. The van der Waals surface area contributed by atoms with Crippen LogP contribution in [0.2, 0.25) is 0 Å². The summed E-state index contributed by atoms with van der Waals surface area (Å²) in [6.07, 6.45) is 3.22. The van der Waals surface area contributed by atoms with Gasteiger partial charge in [0.15, 0.2) is 0 Å². The molecule has 1 aliphatic heterocycles. The van der Waals surface area contributed by atoms with E-state index in [-0.39, 0.29) is 0 Å². The van der Waals surface area contributed by atoms with Gasteiger partial charge in [0.1, 0.15) is 0 Å². The topological polar surface area (TPSA) is 24.9 Å². The number of aromatic nitrogens is 1. The zero-order valence-corrected chi connectivity index (χ0v) is 11.1. The fraction of sp³-hybridized carbons (Fsp3) is 0.615. The number of hydrogen-bond donors (Lipinski definition) is 1. The Morgan fingerprint density at radius 2 is 2.25 bits per heavy atom. The van der Waals surface area contributed by atoms with Crippen molar-refractivity contribution in [2.45, 2.75) is 33.2 Å². The summed E-state index contributed by atoms with van der Waals surface area (Å²) in [6, 6.07) is 4.74. The Bertz CT molecular complexity index is 345. The second-order valence-corrected chi connectivity index (χ2v) is 6.35. The smallest absolute Gasteiger partial charge is 0.0529 e. The van der Waals surface area contributed by atoms with Crippen LogP contribution in [0.25, 0.3) is 0 Å². The lowest BCUT2D eigenvalue weighted by Crippen LogP contribution is -2.41. The number of hydrogen-bond acceptors (Lipinski definition) is 3. The summed E-state index contributed by atoms with van der Waals surface area (Å²) in [4.78, 5) is 4.32. The maximum Gasteiger partial charge on any atom is 0.0529 e. The van der Waals surface area contributed by atoms with E-state index in [9.17, 15) is 0 Å². The third-order valence-corrected chi connectivity index (χ3v) is 4.43. The summed E-state index contributed by atoms with van der Waals surface area (Å²) in [5, 5.41) is 3.62. The molecule has 2 rings (SSSR count). The monoisotopic (exact) mass is 236 g/mol. The Labute approximate surface area is 102 Å². The number of nitrogens with one attached hydrogen (secondary N) is 1. The lowest BCUT2D eigenvalue weighted by molar-refractivity contribution is 0.305. The van der Waals surface area contributed by atoms with Gasteiger partial charge in [-0.05, 0) is 36.6 Å². The first kappa shape index (κ1) is 11.8. The summed E-state index contributed by atoms with van der Waals surface area (Å²) in [6.45, 7) is 6.72. The van der Waals surface area contributed by atoms with Crippen LogP contribution in [0.15, 0.2) is 18.3 Å². The van der Waals surface area contributed by atoms with E-state index in [4.69, 9.17) is 0 Å². The molecule has 1 aromatic heterocycles. The SMILES string of the molecule is Cc1ccc(NC2CSCCC2(C)C)cn1. The fourth-order valence-corrected chi connectivity index (χ4v) is 3.53. The molecule has 88 valence electrons. The molecule has 1 aliphatic rings. The van der Waals surface area contributed by atoms with Crippen LogP contribution in [-0.2, 0) is 0 Å². The van der Waals surface area contributed by atoms with E-state index in [1.807, 2.05) is 24.9 Å². The Kier molecular flexibility index (Phi) is 3.43. The molecule has 1 unspecified atom stereocenters. The molecule has 0 bridgehead atoms. The van der Waals surface area contributed by atoms with Crippen molar-refractivity contribution in [1.82, 2.24) is 4.98 Å². The van der Waals surface area contributed by atoms with Gasteiger partial charge in [-0.1, -0.05) is 13.8 Å². The van der Waals surface area contributed by atoms with E-state index in [0.717, 1.165) is 11.4 Å². The molecule has 1 saturated heterocycles. The molecule has 1 aromatic rings. The molecule has 3 heteroatoms. The van der Waals surface area contributed by atoms with E-state index in [2.05, 4.69) is 36.3 Å². The first-order valence-corrected chi connectivity index (χ1v) is 7.00. The first-order chi connectivity index (χ1) is 7.58. The van der Waals surface area contributed by atoms with Crippen molar-refractivity contribution >= 4 is 17.4 Å². The average molecular weight is 236 g/mol. The highest BCUT2D eigenvalue weighted by molar-refractivity contribution is 7.99. The van der Waals surface area contributed by atoms with Gasteiger partial charge in [-0.25, -0.2) is 0 Å².